The van der Waals surface area contributed by atoms with Gasteiger partial charge in [0.25, 0.3) is 5.91 Å². The number of para-hydroxylation sites is 1. The summed E-state index contributed by atoms with van der Waals surface area (Å²) in [6.45, 7) is 1.04. The number of aromatic amines is 1. The van der Waals surface area contributed by atoms with Gasteiger partial charge in [-0.25, -0.2) is 0 Å². The van der Waals surface area contributed by atoms with Gasteiger partial charge in [0.2, 0.25) is 11.9 Å². The molecule has 1 aliphatic heterocycles. The molecule has 2 N–H and O–H groups in total. The zero-order valence-corrected chi connectivity index (χ0v) is 16.5. The van der Waals surface area contributed by atoms with Gasteiger partial charge in [0.1, 0.15) is 5.75 Å². The number of nitrogens with one attached hydrogen (secondary N) is 2. The van der Waals surface area contributed by atoms with Crippen molar-refractivity contribution >= 4 is 17.8 Å². The lowest BCUT2D eigenvalue weighted by Gasteiger charge is -2.31. The topological polar surface area (TPSA) is 113 Å². The quantitative estimate of drug-likeness (QED) is 0.673. The van der Waals surface area contributed by atoms with Crippen LogP contribution in [0.2, 0.25) is 0 Å². The minimum absolute atomic E-state index is 0.0580. The van der Waals surface area contributed by atoms with Crippen LogP contribution < -0.4 is 10.1 Å². The van der Waals surface area contributed by atoms with Gasteiger partial charge in [-0.15, -0.1) is 5.10 Å². The molecule has 154 valence electrons. The number of H-pyrrole nitrogens is 1. The molecule has 0 aliphatic carbocycles. The maximum atomic E-state index is 12.6. The summed E-state index contributed by atoms with van der Waals surface area (Å²) in [5.74, 6) is 0.995. The summed E-state index contributed by atoms with van der Waals surface area (Å²) in [4.78, 5) is 35.3. The predicted octanol–water partition coefficient (Wildman–Crippen LogP) is 2.37. The highest BCUT2D eigenvalue weighted by Gasteiger charge is 2.28. The van der Waals surface area contributed by atoms with Gasteiger partial charge >= 0.3 is 0 Å². The Morgan fingerprint density at radius 2 is 1.97 bits per heavy atom. The van der Waals surface area contributed by atoms with Crippen LogP contribution in [0.25, 0.3) is 11.4 Å². The minimum atomic E-state index is -0.198. The lowest BCUT2D eigenvalue weighted by Crippen LogP contribution is -2.41. The third-order valence-electron chi connectivity index (χ3n) is 5.14. The number of amides is 2. The first-order valence-corrected chi connectivity index (χ1v) is 9.71. The number of likely N-dealkylation sites (tertiary alicyclic amines) is 1. The molecule has 0 atom stereocenters. The van der Waals surface area contributed by atoms with E-state index in [1.165, 1.54) is 0 Å². The van der Waals surface area contributed by atoms with E-state index < -0.39 is 0 Å². The van der Waals surface area contributed by atoms with Crippen LogP contribution in [0.15, 0.2) is 48.8 Å². The summed E-state index contributed by atoms with van der Waals surface area (Å²) in [6, 6.07) is 10.9. The van der Waals surface area contributed by atoms with Gasteiger partial charge in [0.15, 0.2) is 5.82 Å². The van der Waals surface area contributed by atoms with Crippen molar-refractivity contribution in [1.29, 1.82) is 0 Å². The van der Waals surface area contributed by atoms with Crippen molar-refractivity contribution in [2.45, 2.75) is 12.8 Å². The number of nitrogens with zero attached hydrogens (tertiary/aromatic N) is 4. The molecule has 0 saturated carbocycles. The molecular weight excluding hydrogens is 384 g/mol. The maximum absolute atomic E-state index is 12.6. The SMILES string of the molecule is COc1ccccc1-c1nc(NC(=O)C2CCN(C(=O)c3cccnc3)CC2)n[nH]1. The molecule has 0 spiro atoms. The highest BCUT2D eigenvalue weighted by Crippen LogP contribution is 2.27. The Kier molecular flexibility index (Phi) is 5.69. The van der Waals surface area contributed by atoms with Crippen LogP contribution in [0.3, 0.4) is 0 Å². The Hall–Kier alpha value is -3.75. The van der Waals surface area contributed by atoms with Crippen LogP contribution in [0, 0.1) is 5.92 Å². The number of anilines is 1. The number of carbonyl (C=O) groups is 2. The largest absolute Gasteiger partial charge is 0.496 e. The number of methoxy groups -OCH3 is 1. The summed E-state index contributed by atoms with van der Waals surface area (Å²) < 4.78 is 5.34. The number of hydrogen-bond donors (Lipinski definition) is 2. The number of hydrogen-bond acceptors (Lipinski definition) is 6. The van der Waals surface area contributed by atoms with E-state index in [9.17, 15) is 9.59 Å². The van der Waals surface area contributed by atoms with Crippen LogP contribution in [0.5, 0.6) is 5.75 Å². The average Bonchev–Trinajstić information content (AvgIpc) is 3.27. The van der Waals surface area contributed by atoms with E-state index in [0.29, 0.717) is 43.1 Å². The number of pyridine rings is 1. The van der Waals surface area contributed by atoms with E-state index in [-0.39, 0.29) is 23.7 Å². The molecule has 2 aromatic heterocycles. The third kappa shape index (κ3) is 4.14. The van der Waals surface area contributed by atoms with Crippen LogP contribution in [-0.4, -0.2) is 57.1 Å². The molecule has 1 aromatic carbocycles. The summed E-state index contributed by atoms with van der Waals surface area (Å²) in [6.07, 6.45) is 4.36. The molecule has 9 nitrogen and oxygen atoms in total. The molecular formula is C21H22N6O3. The number of rotatable bonds is 5. The normalized spacial score (nSPS) is 14.4. The molecule has 1 fully saturated rings. The number of ether oxygens (including phenoxy) is 1. The Bertz CT molecular complexity index is 1030. The van der Waals surface area contributed by atoms with Crippen LogP contribution >= 0.6 is 0 Å². The Balaban J connectivity index is 1.34. The summed E-state index contributed by atoms with van der Waals surface area (Å²) in [5, 5.41) is 9.69. The fourth-order valence-electron chi connectivity index (χ4n) is 3.51. The van der Waals surface area contributed by atoms with Gasteiger partial charge in [-0.3, -0.25) is 25.0 Å². The van der Waals surface area contributed by atoms with Crippen molar-refractivity contribution in [1.82, 2.24) is 25.1 Å². The summed E-state index contributed by atoms with van der Waals surface area (Å²) in [7, 11) is 1.59. The molecule has 0 unspecified atom stereocenters. The number of carbonyl (C=O) groups excluding carboxylic acids is 2. The molecule has 30 heavy (non-hydrogen) atoms. The van der Waals surface area contributed by atoms with Crippen molar-refractivity contribution < 1.29 is 14.3 Å². The smallest absolute Gasteiger partial charge is 0.255 e. The fourth-order valence-corrected chi connectivity index (χ4v) is 3.51. The van der Waals surface area contributed by atoms with Crippen molar-refractivity contribution in [2.75, 3.05) is 25.5 Å². The van der Waals surface area contributed by atoms with E-state index >= 15 is 0 Å². The van der Waals surface area contributed by atoms with Crippen LogP contribution in [0.1, 0.15) is 23.2 Å². The average molecular weight is 406 g/mol. The van der Waals surface area contributed by atoms with Crippen LogP contribution in [0.4, 0.5) is 5.95 Å². The van der Waals surface area contributed by atoms with Gasteiger partial charge < -0.3 is 9.64 Å². The lowest BCUT2D eigenvalue weighted by atomic mass is 9.95. The molecule has 3 heterocycles. The third-order valence-corrected chi connectivity index (χ3v) is 5.14. The Morgan fingerprint density at radius 3 is 2.70 bits per heavy atom. The first-order chi connectivity index (χ1) is 14.7. The lowest BCUT2D eigenvalue weighted by molar-refractivity contribution is -0.121. The summed E-state index contributed by atoms with van der Waals surface area (Å²) in [5.41, 5.74) is 1.32. The zero-order chi connectivity index (χ0) is 20.9. The number of benzene rings is 1. The molecule has 9 heteroatoms. The maximum Gasteiger partial charge on any atom is 0.255 e. The van der Waals surface area contributed by atoms with Gasteiger partial charge in [-0.2, -0.15) is 4.98 Å². The van der Waals surface area contributed by atoms with Gasteiger partial charge in [0.05, 0.1) is 18.2 Å². The van der Waals surface area contributed by atoms with E-state index in [0.717, 1.165) is 5.56 Å². The van der Waals surface area contributed by atoms with E-state index in [2.05, 4.69) is 25.5 Å². The van der Waals surface area contributed by atoms with E-state index in [1.54, 1.807) is 36.5 Å². The van der Waals surface area contributed by atoms with Gasteiger partial charge in [0, 0.05) is 31.4 Å². The predicted molar refractivity (Wildman–Crippen MR) is 110 cm³/mol. The number of aromatic nitrogens is 4. The highest BCUT2D eigenvalue weighted by molar-refractivity contribution is 5.94. The first-order valence-electron chi connectivity index (χ1n) is 9.71. The van der Waals surface area contributed by atoms with Gasteiger partial charge in [-0.1, -0.05) is 12.1 Å². The first kappa shape index (κ1) is 19.6. The Labute approximate surface area is 173 Å². The second-order valence-corrected chi connectivity index (χ2v) is 7.01. The summed E-state index contributed by atoms with van der Waals surface area (Å²) >= 11 is 0. The Morgan fingerprint density at radius 1 is 1.17 bits per heavy atom. The zero-order valence-electron chi connectivity index (χ0n) is 16.5. The molecule has 0 bridgehead atoms. The molecule has 0 radical (unpaired) electrons. The van der Waals surface area contributed by atoms with Gasteiger partial charge in [-0.05, 0) is 37.1 Å². The monoisotopic (exact) mass is 406 g/mol. The fraction of sp³-hybridized carbons (Fsp3) is 0.286. The molecule has 4 rings (SSSR count). The molecule has 2 amide bonds. The van der Waals surface area contributed by atoms with Crippen molar-refractivity contribution in [3.63, 3.8) is 0 Å². The second-order valence-electron chi connectivity index (χ2n) is 7.01. The van der Waals surface area contributed by atoms with Crippen LogP contribution in [-0.2, 0) is 4.79 Å². The molecule has 1 aliphatic rings. The van der Waals surface area contributed by atoms with Crippen molar-refractivity contribution in [3.8, 4) is 17.1 Å². The van der Waals surface area contributed by atoms with E-state index in [4.69, 9.17) is 4.74 Å². The second kappa shape index (κ2) is 8.73. The standard InChI is InChI=1S/C21H22N6O3/c1-30-17-7-3-2-6-16(17)18-23-21(26-25-18)24-19(28)14-8-11-27(12-9-14)20(29)15-5-4-10-22-13-15/h2-7,10,13-14H,8-9,11-12H2,1H3,(H2,23,24,25,26,28). The van der Waals surface area contributed by atoms with Crippen molar-refractivity contribution in [3.05, 3.63) is 54.4 Å². The van der Waals surface area contributed by atoms with E-state index in [1.807, 2.05) is 24.3 Å². The minimum Gasteiger partial charge on any atom is -0.496 e. The molecule has 1 saturated heterocycles. The van der Waals surface area contributed by atoms with Crippen molar-refractivity contribution in [2.24, 2.45) is 5.92 Å². The molecule has 3 aromatic rings. The highest BCUT2D eigenvalue weighted by atomic mass is 16.5. The number of piperidine rings is 1.